The van der Waals surface area contributed by atoms with Gasteiger partial charge in [0, 0.05) is 17.8 Å². The van der Waals surface area contributed by atoms with Crippen molar-refractivity contribution in [3.63, 3.8) is 0 Å². The monoisotopic (exact) mass is 291 g/mol. The summed E-state index contributed by atoms with van der Waals surface area (Å²) in [5.74, 6) is 0. The van der Waals surface area contributed by atoms with E-state index in [0.717, 1.165) is 12.2 Å². The van der Waals surface area contributed by atoms with E-state index in [1.807, 2.05) is 25.1 Å². The zero-order valence-corrected chi connectivity index (χ0v) is 14.1. The van der Waals surface area contributed by atoms with Gasteiger partial charge in [-0.2, -0.15) is 0 Å². The molecule has 0 saturated heterocycles. The van der Waals surface area contributed by atoms with E-state index in [-0.39, 0.29) is 23.5 Å². The Morgan fingerprint density at radius 3 is 2.48 bits per heavy atom. The van der Waals surface area contributed by atoms with Crippen LogP contribution in [0.1, 0.15) is 53.1 Å². The Balaban J connectivity index is 2.66. The van der Waals surface area contributed by atoms with Crippen molar-refractivity contribution in [3.8, 4) is 0 Å². The lowest BCUT2D eigenvalue weighted by Gasteiger charge is -2.28. The molecule has 0 fully saturated rings. The molecule has 4 nitrogen and oxygen atoms in total. The van der Waals surface area contributed by atoms with Gasteiger partial charge in [-0.25, -0.2) is 4.79 Å². The first-order valence-electron chi connectivity index (χ1n) is 7.65. The second-order valence-corrected chi connectivity index (χ2v) is 6.59. The lowest BCUT2D eigenvalue weighted by atomic mass is 9.88. The molecule has 0 aliphatic carbocycles. The predicted molar refractivity (Wildman–Crippen MR) is 89.6 cm³/mol. The number of benzene rings is 1. The topological polar surface area (TPSA) is 53.2 Å². The number of carbonyl (C=O) groups is 1. The number of amides is 2. The van der Waals surface area contributed by atoms with E-state index >= 15 is 0 Å². The highest BCUT2D eigenvalue weighted by Crippen LogP contribution is 2.19. The van der Waals surface area contributed by atoms with Crippen LogP contribution in [0.2, 0.25) is 0 Å². The second-order valence-electron chi connectivity index (χ2n) is 6.59. The highest BCUT2D eigenvalue weighted by atomic mass is 16.2. The number of anilines is 1. The molecule has 0 radical (unpaired) electrons. The summed E-state index contributed by atoms with van der Waals surface area (Å²) in [5.41, 5.74) is 2.02. The van der Waals surface area contributed by atoms with E-state index in [1.54, 1.807) is 0 Å². The van der Waals surface area contributed by atoms with Crippen molar-refractivity contribution in [1.29, 1.82) is 0 Å². The molecule has 0 bridgehead atoms. The summed E-state index contributed by atoms with van der Waals surface area (Å²) >= 11 is 0. The molecule has 0 aromatic heterocycles. The van der Waals surface area contributed by atoms with Crippen LogP contribution in [0.3, 0.4) is 0 Å². The first-order chi connectivity index (χ1) is 9.74. The highest BCUT2D eigenvalue weighted by molar-refractivity contribution is 5.89. The fraction of sp³-hybridized carbons (Fsp3) is 0.588. The Kier molecular flexibility index (Phi) is 6.21. The maximum absolute atomic E-state index is 12.0. The zero-order valence-electron chi connectivity index (χ0n) is 14.1. The Labute approximate surface area is 128 Å². The average Bonchev–Trinajstić information content (AvgIpc) is 2.38. The third-order valence-corrected chi connectivity index (χ3v) is 3.80. The molecule has 1 aromatic rings. The molecule has 1 aromatic carbocycles. The summed E-state index contributed by atoms with van der Waals surface area (Å²) < 4.78 is 0. The summed E-state index contributed by atoms with van der Waals surface area (Å²) in [6.07, 6.45) is 0. The van der Waals surface area contributed by atoms with Crippen LogP contribution in [0.25, 0.3) is 0 Å². The van der Waals surface area contributed by atoms with Gasteiger partial charge in [0.15, 0.2) is 0 Å². The molecule has 2 atom stereocenters. The van der Waals surface area contributed by atoms with Gasteiger partial charge in [0.2, 0.25) is 0 Å². The number of hydrogen-bond donors (Lipinski definition) is 3. The molecular weight excluding hydrogens is 262 g/mol. The SMILES string of the molecule is CCNC(C)c1cccc(NC(=O)NC(C)C(C)(C)C)c1. The zero-order chi connectivity index (χ0) is 16.0. The number of hydrogen-bond acceptors (Lipinski definition) is 2. The summed E-state index contributed by atoms with van der Waals surface area (Å²) in [7, 11) is 0. The highest BCUT2D eigenvalue weighted by Gasteiger charge is 2.21. The molecule has 21 heavy (non-hydrogen) atoms. The van der Waals surface area contributed by atoms with Gasteiger partial charge < -0.3 is 16.0 Å². The minimum Gasteiger partial charge on any atom is -0.335 e. The fourth-order valence-corrected chi connectivity index (χ4v) is 1.89. The van der Waals surface area contributed by atoms with Crippen LogP contribution < -0.4 is 16.0 Å². The van der Waals surface area contributed by atoms with Gasteiger partial charge >= 0.3 is 6.03 Å². The normalized spacial score (nSPS) is 14.4. The number of nitrogens with one attached hydrogen (secondary N) is 3. The quantitative estimate of drug-likeness (QED) is 0.770. The van der Waals surface area contributed by atoms with Crippen molar-refractivity contribution in [1.82, 2.24) is 10.6 Å². The summed E-state index contributed by atoms with van der Waals surface area (Å²) in [6.45, 7) is 13.5. The van der Waals surface area contributed by atoms with Crippen LogP contribution >= 0.6 is 0 Å². The van der Waals surface area contributed by atoms with E-state index in [0.29, 0.717) is 0 Å². The summed E-state index contributed by atoms with van der Waals surface area (Å²) in [5, 5.41) is 9.25. The summed E-state index contributed by atoms with van der Waals surface area (Å²) in [6, 6.07) is 8.15. The fourth-order valence-electron chi connectivity index (χ4n) is 1.89. The standard InChI is InChI=1S/C17H29N3O/c1-7-18-12(2)14-9-8-10-15(11-14)20-16(21)19-13(3)17(4,5)6/h8-13,18H,7H2,1-6H3,(H2,19,20,21). The van der Waals surface area contributed by atoms with Crippen LogP contribution in [0, 0.1) is 5.41 Å². The largest absolute Gasteiger partial charge is 0.335 e. The lowest BCUT2D eigenvalue weighted by molar-refractivity contribution is 0.233. The molecule has 118 valence electrons. The molecule has 0 spiro atoms. The van der Waals surface area contributed by atoms with Gasteiger partial charge in [-0.1, -0.05) is 39.8 Å². The average molecular weight is 291 g/mol. The van der Waals surface area contributed by atoms with Crippen molar-refractivity contribution in [2.75, 3.05) is 11.9 Å². The van der Waals surface area contributed by atoms with Crippen molar-refractivity contribution < 1.29 is 4.79 Å². The van der Waals surface area contributed by atoms with Crippen molar-refractivity contribution >= 4 is 11.7 Å². The number of rotatable bonds is 5. The van der Waals surface area contributed by atoms with Crippen LogP contribution in [-0.4, -0.2) is 18.6 Å². The van der Waals surface area contributed by atoms with E-state index in [9.17, 15) is 4.79 Å². The van der Waals surface area contributed by atoms with Gasteiger partial charge in [0.1, 0.15) is 0 Å². The third-order valence-electron chi connectivity index (χ3n) is 3.80. The molecule has 0 aliphatic rings. The predicted octanol–water partition coefficient (Wildman–Crippen LogP) is 3.91. The van der Waals surface area contributed by atoms with Gasteiger partial charge in [-0.3, -0.25) is 0 Å². The lowest BCUT2D eigenvalue weighted by Crippen LogP contribution is -2.43. The molecule has 2 unspecified atom stereocenters. The molecule has 4 heteroatoms. The van der Waals surface area contributed by atoms with Crippen molar-refractivity contribution in [2.24, 2.45) is 5.41 Å². The molecule has 1 rings (SSSR count). The van der Waals surface area contributed by atoms with Crippen LogP contribution in [0.15, 0.2) is 24.3 Å². The molecule has 0 heterocycles. The molecule has 0 aliphatic heterocycles. The smallest absolute Gasteiger partial charge is 0.319 e. The molecule has 0 saturated carbocycles. The van der Waals surface area contributed by atoms with Crippen molar-refractivity contribution in [3.05, 3.63) is 29.8 Å². The van der Waals surface area contributed by atoms with Crippen LogP contribution in [0.5, 0.6) is 0 Å². The Bertz CT molecular complexity index is 465. The minimum atomic E-state index is -0.161. The van der Waals surface area contributed by atoms with E-state index in [1.165, 1.54) is 5.56 Å². The van der Waals surface area contributed by atoms with Crippen LogP contribution in [0.4, 0.5) is 10.5 Å². The maximum Gasteiger partial charge on any atom is 0.319 e. The van der Waals surface area contributed by atoms with Gasteiger partial charge in [0.05, 0.1) is 0 Å². The van der Waals surface area contributed by atoms with E-state index in [4.69, 9.17) is 0 Å². The van der Waals surface area contributed by atoms with Gasteiger partial charge in [-0.15, -0.1) is 0 Å². The van der Waals surface area contributed by atoms with E-state index in [2.05, 4.69) is 56.6 Å². The second kappa shape index (κ2) is 7.46. The molecule has 2 amide bonds. The first-order valence-corrected chi connectivity index (χ1v) is 7.65. The Hall–Kier alpha value is -1.55. The molecule has 3 N–H and O–H groups in total. The first kappa shape index (κ1) is 17.5. The minimum absolute atomic E-state index is 0.0404. The van der Waals surface area contributed by atoms with E-state index < -0.39 is 0 Å². The summed E-state index contributed by atoms with van der Waals surface area (Å²) in [4.78, 5) is 12.0. The van der Waals surface area contributed by atoms with Gasteiger partial charge in [-0.05, 0) is 43.5 Å². The number of urea groups is 1. The van der Waals surface area contributed by atoms with Crippen LogP contribution in [-0.2, 0) is 0 Å². The third kappa shape index (κ3) is 5.76. The Morgan fingerprint density at radius 1 is 1.24 bits per heavy atom. The number of carbonyl (C=O) groups excluding carboxylic acids is 1. The maximum atomic E-state index is 12.0. The van der Waals surface area contributed by atoms with Gasteiger partial charge in [0.25, 0.3) is 0 Å². The van der Waals surface area contributed by atoms with Crippen molar-refractivity contribution in [2.45, 2.75) is 53.6 Å². The Morgan fingerprint density at radius 2 is 1.90 bits per heavy atom. The molecular formula is C17H29N3O.